The van der Waals surface area contributed by atoms with Gasteiger partial charge in [0, 0.05) is 12.1 Å². The average Bonchev–Trinajstić information content (AvgIpc) is 2.63. The van der Waals surface area contributed by atoms with E-state index in [1.165, 1.54) is 0 Å². The number of nitrogens with one attached hydrogen (secondary N) is 1. The van der Waals surface area contributed by atoms with Gasteiger partial charge in [-0.1, -0.05) is 0 Å². The fraction of sp³-hybridized carbons (Fsp3) is 0.125. The van der Waals surface area contributed by atoms with Crippen LogP contribution in [0.25, 0.3) is 10.2 Å². The van der Waals surface area contributed by atoms with Crippen molar-refractivity contribution in [3.05, 3.63) is 16.1 Å². The van der Waals surface area contributed by atoms with Gasteiger partial charge in [-0.25, -0.2) is 0 Å². The second-order valence-electron chi connectivity index (χ2n) is 2.72. The Morgan fingerprint density at radius 2 is 2.08 bits per heavy atom. The van der Waals surface area contributed by atoms with E-state index in [2.05, 4.69) is 4.98 Å². The number of ether oxygens (including phenoxy) is 2. The van der Waals surface area contributed by atoms with E-state index >= 15 is 0 Å². The first-order valence-corrected chi connectivity index (χ1v) is 4.98. The molecule has 0 saturated heterocycles. The molecule has 2 heterocycles. The molecule has 0 radical (unpaired) electrons. The number of aromatic nitrogens is 1. The Labute approximate surface area is 82.9 Å². The molecular formula is C8H5NO2S2. The quantitative estimate of drug-likeness (QED) is 0.680. The van der Waals surface area contributed by atoms with Crippen LogP contribution in [0.5, 0.6) is 11.5 Å². The summed E-state index contributed by atoms with van der Waals surface area (Å²) < 4.78 is 12.4. The van der Waals surface area contributed by atoms with Crippen LogP contribution in [0.15, 0.2) is 12.1 Å². The van der Waals surface area contributed by atoms with Crippen LogP contribution >= 0.6 is 23.6 Å². The Balaban J connectivity index is 2.41. The first-order valence-electron chi connectivity index (χ1n) is 3.75. The van der Waals surface area contributed by atoms with Crippen LogP contribution in [0.4, 0.5) is 0 Å². The molecule has 3 nitrogen and oxygen atoms in total. The molecule has 66 valence electrons. The molecule has 1 aromatic heterocycles. The maximum atomic E-state index is 5.25. The van der Waals surface area contributed by atoms with Crippen molar-refractivity contribution in [2.75, 3.05) is 6.79 Å². The number of aromatic amines is 1. The van der Waals surface area contributed by atoms with Crippen molar-refractivity contribution in [1.29, 1.82) is 0 Å². The molecule has 5 heteroatoms. The number of thiazole rings is 1. The van der Waals surface area contributed by atoms with Gasteiger partial charge in [-0.05, 0) is 12.2 Å². The van der Waals surface area contributed by atoms with Crippen LogP contribution in [0.2, 0.25) is 0 Å². The van der Waals surface area contributed by atoms with Crippen molar-refractivity contribution in [3.8, 4) is 11.5 Å². The maximum Gasteiger partial charge on any atom is 0.231 e. The van der Waals surface area contributed by atoms with Crippen molar-refractivity contribution < 1.29 is 9.47 Å². The highest BCUT2D eigenvalue weighted by Gasteiger charge is 2.14. The highest BCUT2D eigenvalue weighted by Crippen LogP contribution is 2.37. The third-order valence-corrected chi connectivity index (χ3v) is 3.11. The van der Waals surface area contributed by atoms with Crippen molar-refractivity contribution in [2.45, 2.75) is 0 Å². The van der Waals surface area contributed by atoms with E-state index in [1.807, 2.05) is 12.1 Å². The summed E-state index contributed by atoms with van der Waals surface area (Å²) in [6, 6.07) is 3.87. The van der Waals surface area contributed by atoms with Gasteiger partial charge in [0.15, 0.2) is 15.5 Å². The molecule has 3 rings (SSSR count). The normalized spacial score (nSPS) is 13.8. The Morgan fingerprint density at radius 3 is 2.92 bits per heavy atom. The fourth-order valence-electron chi connectivity index (χ4n) is 1.34. The van der Waals surface area contributed by atoms with Crippen molar-refractivity contribution in [2.24, 2.45) is 0 Å². The van der Waals surface area contributed by atoms with E-state index in [0.29, 0.717) is 6.79 Å². The van der Waals surface area contributed by atoms with E-state index in [1.54, 1.807) is 11.3 Å². The minimum absolute atomic E-state index is 0.313. The predicted molar refractivity (Wildman–Crippen MR) is 53.1 cm³/mol. The van der Waals surface area contributed by atoms with Crippen LogP contribution in [0, 0.1) is 3.95 Å². The van der Waals surface area contributed by atoms with Crippen molar-refractivity contribution in [3.63, 3.8) is 0 Å². The zero-order valence-corrected chi connectivity index (χ0v) is 8.13. The lowest BCUT2D eigenvalue weighted by Crippen LogP contribution is -1.92. The molecule has 1 N–H and O–H groups in total. The summed E-state index contributed by atoms with van der Waals surface area (Å²) in [4.78, 5) is 3.09. The standard InChI is InChI=1S/C8H5NO2S2/c12-8-9-4-1-5-6(11-3-10-5)2-7(4)13-8/h1-2H,3H2,(H,9,12). The van der Waals surface area contributed by atoms with Gasteiger partial charge in [0.1, 0.15) is 0 Å². The molecule has 0 unspecified atom stereocenters. The lowest BCUT2D eigenvalue weighted by atomic mass is 10.3. The number of fused-ring (bicyclic) bond motifs is 2. The summed E-state index contributed by atoms with van der Waals surface area (Å²) in [7, 11) is 0. The molecule has 2 aromatic rings. The topological polar surface area (TPSA) is 34.2 Å². The second kappa shape index (κ2) is 2.46. The zero-order valence-electron chi connectivity index (χ0n) is 6.49. The summed E-state index contributed by atoms with van der Waals surface area (Å²) in [6.07, 6.45) is 0. The molecule has 0 amide bonds. The molecular weight excluding hydrogens is 206 g/mol. The summed E-state index contributed by atoms with van der Waals surface area (Å²) in [5.74, 6) is 1.59. The lowest BCUT2D eigenvalue weighted by molar-refractivity contribution is 0.174. The second-order valence-corrected chi connectivity index (χ2v) is 4.44. The van der Waals surface area contributed by atoms with Crippen LogP contribution in [0.3, 0.4) is 0 Å². The van der Waals surface area contributed by atoms with Gasteiger partial charge in [0.05, 0.1) is 10.2 Å². The summed E-state index contributed by atoms with van der Waals surface area (Å²) in [6.45, 7) is 0.313. The van der Waals surface area contributed by atoms with Gasteiger partial charge in [-0.15, -0.1) is 11.3 Å². The first kappa shape index (κ1) is 7.34. The van der Waals surface area contributed by atoms with E-state index in [-0.39, 0.29) is 0 Å². The Hall–Kier alpha value is -1.07. The molecule has 0 fully saturated rings. The van der Waals surface area contributed by atoms with Gasteiger partial charge in [0.2, 0.25) is 6.79 Å². The third kappa shape index (κ3) is 1.04. The molecule has 0 bridgehead atoms. The highest BCUT2D eigenvalue weighted by atomic mass is 32.1. The monoisotopic (exact) mass is 211 g/mol. The minimum atomic E-state index is 0.313. The van der Waals surface area contributed by atoms with Crippen molar-refractivity contribution in [1.82, 2.24) is 4.98 Å². The van der Waals surface area contributed by atoms with Crippen LogP contribution < -0.4 is 9.47 Å². The first-order chi connectivity index (χ1) is 6.33. The molecule has 1 aromatic carbocycles. The van der Waals surface area contributed by atoms with E-state index in [4.69, 9.17) is 21.7 Å². The number of hydrogen-bond donors (Lipinski definition) is 1. The summed E-state index contributed by atoms with van der Waals surface area (Å²) in [5, 5.41) is 0. The molecule has 1 aliphatic heterocycles. The lowest BCUT2D eigenvalue weighted by Gasteiger charge is -1.93. The summed E-state index contributed by atoms with van der Waals surface area (Å²) in [5.41, 5.74) is 1.01. The van der Waals surface area contributed by atoms with Gasteiger partial charge < -0.3 is 14.5 Å². The molecule has 13 heavy (non-hydrogen) atoms. The Bertz CT molecular complexity index is 484. The number of rotatable bonds is 0. The largest absolute Gasteiger partial charge is 0.454 e. The third-order valence-electron chi connectivity index (χ3n) is 1.91. The molecule has 0 saturated carbocycles. The number of H-pyrrole nitrogens is 1. The fourth-order valence-corrected chi connectivity index (χ4v) is 2.47. The predicted octanol–water partition coefficient (Wildman–Crippen LogP) is 2.69. The number of benzene rings is 1. The van der Waals surface area contributed by atoms with Crippen LogP contribution in [-0.4, -0.2) is 11.8 Å². The maximum absolute atomic E-state index is 5.25. The summed E-state index contributed by atoms with van der Waals surface area (Å²) >= 11 is 6.58. The van der Waals surface area contributed by atoms with Gasteiger partial charge in [0.25, 0.3) is 0 Å². The van der Waals surface area contributed by atoms with E-state index in [0.717, 1.165) is 25.7 Å². The minimum Gasteiger partial charge on any atom is -0.454 e. The van der Waals surface area contributed by atoms with Gasteiger partial charge >= 0.3 is 0 Å². The molecule has 0 spiro atoms. The van der Waals surface area contributed by atoms with Gasteiger partial charge in [-0.3, -0.25) is 0 Å². The van der Waals surface area contributed by atoms with Gasteiger partial charge in [-0.2, -0.15) is 0 Å². The van der Waals surface area contributed by atoms with Crippen molar-refractivity contribution >= 4 is 33.8 Å². The van der Waals surface area contributed by atoms with Crippen LogP contribution in [-0.2, 0) is 0 Å². The molecule has 0 aliphatic carbocycles. The highest BCUT2D eigenvalue weighted by molar-refractivity contribution is 7.73. The SMILES string of the molecule is S=c1[nH]c2cc3c(cc2s1)OCO3. The van der Waals surface area contributed by atoms with E-state index in [9.17, 15) is 0 Å². The smallest absolute Gasteiger partial charge is 0.231 e. The molecule has 0 atom stereocenters. The number of hydrogen-bond acceptors (Lipinski definition) is 4. The zero-order chi connectivity index (χ0) is 8.84. The van der Waals surface area contributed by atoms with Crippen LogP contribution in [0.1, 0.15) is 0 Å². The Kier molecular flexibility index (Phi) is 1.39. The average molecular weight is 211 g/mol. The molecule has 1 aliphatic rings. The Morgan fingerprint density at radius 1 is 1.31 bits per heavy atom. The van der Waals surface area contributed by atoms with E-state index < -0.39 is 0 Å².